The molecule has 9 heteroatoms. The van der Waals surface area contributed by atoms with Crippen molar-refractivity contribution in [3.63, 3.8) is 0 Å². The third-order valence-electron chi connectivity index (χ3n) is 5.55. The van der Waals surface area contributed by atoms with Crippen molar-refractivity contribution in [3.05, 3.63) is 0 Å². The number of rotatable bonds is 8. The summed E-state index contributed by atoms with van der Waals surface area (Å²) in [7, 11) is 0. The highest BCUT2D eigenvalue weighted by Crippen LogP contribution is 2.55. The van der Waals surface area contributed by atoms with E-state index in [1.165, 1.54) is 0 Å². The summed E-state index contributed by atoms with van der Waals surface area (Å²) in [6.07, 6.45) is 0.998. The van der Waals surface area contributed by atoms with Crippen LogP contribution >= 0.6 is 0 Å². The van der Waals surface area contributed by atoms with E-state index in [9.17, 15) is 9.59 Å². The van der Waals surface area contributed by atoms with Gasteiger partial charge in [0.25, 0.3) is 0 Å². The molecule has 25 heavy (non-hydrogen) atoms. The molecule has 0 spiro atoms. The van der Waals surface area contributed by atoms with Gasteiger partial charge in [-0.15, -0.1) is 0 Å². The van der Waals surface area contributed by atoms with Gasteiger partial charge in [-0.1, -0.05) is 5.04 Å². The molecule has 9 nitrogen and oxygen atoms in total. The van der Waals surface area contributed by atoms with Gasteiger partial charge in [-0.05, 0) is 12.8 Å². The normalized spacial score (nSPS) is 36.6. The fraction of sp³-hybridized carbons (Fsp3) is 0.875. The number of fused-ring (bicyclic) bond motifs is 1. The fourth-order valence-electron chi connectivity index (χ4n) is 4.38. The Balaban J connectivity index is 1.09. The van der Waals surface area contributed by atoms with E-state index in [-0.39, 0.29) is 42.5 Å². The zero-order valence-corrected chi connectivity index (χ0v) is 14.0. The average Bonchev–Trinajstić information content (AvgIpc) is 3.24. The highest BCUT2D eigenvalue weighted by molar-refractivity contribution is 5.77. The third kappa shape index (κ3) is 3.65. The molecule has 0 amide bonds. The molecule has 2 heterocycles. The molecule has 140 valence electrons. The minimum absolute atomic E-state index is 0.00408. The molecule has 4 aliphatic rings. The lowest BCUT2D eigenvalue weighted by molar-refractivity contribution is -0.509. The highest BCUT2D eigenvalue weighted by atomic mass is 17.5. The van der Waals surface area contributed by atoms with Crippen LogP contribution in [0.4, 0.5) is 0 Å². The van der Waals surface area contributed by atoms with E-state index in [0.717, 1.165) is 39.1 Å². The number of hydrogen-bond donors (Lipinski definition) is 0. The van der Waals surface area contributed by atoms with Crippen LogP contribution in [0.2, 0.25) is 0 Å². The molecule has 2 saturated carbocycles. The van der Waals surface area contributed by atoms with E-state index in [1.54, 1.807) is 0 Å². The number of esters is 2. The number of hydrogen-bond acceptors (Lipinski definition) is 9. The van der Waals surface area contributed by atoms with Gasteiger partial charge in [-0.25, -0.2) is 9.68 Å². The average molecular weight is 357 g/mol. The Morgan fingerprint density at radius 2 is 2.04 bits per heavy atom. The van der Waals surface area contributed by atoms with Crippen molar-refractivity contribution in [3.8, 4) is 0 Å². The second kappa shape index (κ2) is 7.55. The predicted molar refractivity (Wildman–Crippen MR) is 79.7 cm³/mol. The summed E-state index contributed by atoms with van der Waals surface area (Å²) < 4.78 is 16.0. The molecule has 2 bridgehead atoms. The quantitative estimate of drug-likeness (QED) is 0.251. The fourth-order valence-corrected chi connectivity index (χ4v) is 4.38. The summed E-state index contributed by atoms with van der Waals surface area (Å²) in [5.41, 5.74) is 0. The van der Waals surface area contributed by atoms with Gasteiger partial charge in [0, 0.05) is 31.5 Å². The van der Waals surface area contributed by atoms with Crippen molar-refractivity contribution in [2.24, 2.45) is 17.8 Å². The zero-order chi connectivity index (χ0) is 17.2. The first kappa shape index (κ1) is 17.2. The molecule has 2 aliphatic heterocycles. The Morgan fingerprint density at radius 1 is 1.20 bits per heavy atom. The third-order valence-corrected chi connectivity index (χ3v) is 5.55. The maximum absolute atomic E-state index is 11.9. The highest BCUT2D eigenvalue weighted by Gasteiger charge is 2.63. The van der Waals surface area contributed by atoms with E-state index < -0.39 is 5.97 Å². The van der Waals surface area contributed by atoms with Crippen LogP contribution in [0.1, 0.15) is 12.8 Å². The first-order valence-corrected chi connectivity index (χ1v) is 8.83. The minimum Gasteiger partial charge on any atom is -0.458 e. The smallest absolute Gasteiger partial charge is 0.336 e. The summed E-state index contributed by atoms with van der Waals surface area (Å²) in [5.74, 6) is -0.278. The SMILES string of the molecule is O=C(COOOCCN1CCOCC1)OC1C2CC3C(=O)OC1C3C2. The van der Waals surface area contributed by atoms with Crippen LogP contribution < -0.4 is 0 Å². The topological polar surface area (TPSA) is 92.8 Å². The van der Waals surface area contributed by atoms with Crippen molar-refractivity contribution >= 4 is 11.9 Å². The maximum Gasteiger partial charge on any atom is 0.336 e. The molecule has 4 rings (SSSR count). The molecule has 0 N–H and O–H groups in total. The predicted octanol–water partition coefficient (Wildman–Crippen LogP) is -0.308. The summed E-state index contributed by atoms with van der Waals surface area (Å²) in [4.78, 5) is 35.3. The van der Waals surface area contributed by atoms with Crippen molar-refractivity contribution in [2.45, 2.75) is 25.0 Å². The number of nitrogens with zero attached hydrogens (tertiary/aromatic N) is 1. The largest absolute Gasteiger partial charge is 0.458 e. The van der Waals surface area contributed by atoms with E-state index in [2.05, 4.69) is 9.94 Å². The van der Waals surface area contributed by atoms with Gasteiger partial charge in [-0.3, -0.25) is 9.69 Å². The Labute approximate surface area is 145 Å². The molecule has 0 aromatic rings. The molecular weight excluding hydrogens is 334 g/mol. The van der Waals surface area contributed by atoms with E-state index >= 15 is 0 Å². The Bertz CT molecular complexity index is 508. The van der Waals surface area contributed by atoms with Crippen LogP contribution in [0, 0.1) is 17.8 Å². The Morgan fingerprint density at radius 3 is 2.88 bits per heavy atom. The number of carbonyl (C=O) groups excluding carboxylic acids is 2. The van der Waals surface area contributed by atoms with Crippen LogP contribution in [0.5, 0.6) is 0 Å². The van der Waals surface area contributed by atoms with Gasteiger partial charge >= 0.3 is 11.9 Å². The lowest BCUT2D eigenvalue weighted by Gasteiger charge is -2.25. The molecule has 5 unspecified atom stereocenters. The maximum atomic E-state index is 11.9. The van der Waals surface area contributed by atoms with Gasteiger partial charge in [0.05, 0.1) is 25.7 Å². The number of morpholine rings is 1. The first-order chi connectivity index (χ1) is 12.2. The van der Waals surface area contributed by atoms with Gasteiger partial charge in [-0.2, -0.15) is 4.89 Å². The summed E-state index contributed by atoms with van der Waals surface area (Å²) in [6, 6.07) is 0. The first-order valence-electron chi connectivity index (χ1n) is 8.83. The Hall–Kier alpha value is -1.26. The van der Waals surface area contributed by atoms with Gasteiger partial charge in [0.2, 0.25) is 0 Å². The number of ether oxygens (including phenoxy) is 3. The number of carbonyl (C=O) groups is 2. The molecule has 2 saturated heterocycles. The van der Waals surface area contributed by atoms with E-state index in [4.69, 9.17) is 24.0 Å². The van der Waals surface area contributed by atoms with Crippen LogP contribution in [0.15, 0.2) is 0 Å². The molecule has 4 fully saturated rings. The lowest BCUT2D eigenvalue weighted by Crippen LogP contribution is -2.38. The van der Waals surface area contributed by atoms with Gasteiger partial charge < -0.3 is 14.2 Å². The summed E-state index contributed by atoms with van der Waals surface area (Å²) in [6.45, 7) is 3.86. The monoisotopic (exact) mass is 357 g/mol. The Kier molecular flexibility index (Phi) is 5.18. The van der Waals surface area contributed by atoms with Crippen LogP contribution in [0.25, 0.3) is 0 Å². The second-order valence-electron chi connectivity index (χ2n) is 6.96. The van der Waals surface area contributed by atoms with Crippen LogP contribution in [0.3, 0.4) is 0 Å². The van der Waals surface area contributed by atoms with E-state index in [0.29, 0.717) is 13.2 Å². The minimum atomic E-state index is -0.547. The van der Waals surface area contributed by atoms with Gasteiger partial charge in [0.15, 0.2) is 6.61 Å². The molecule has 0 aromatic carbocycles. The van der Waals surface area contributed by atoms with Gasteiger partial charge in [0.1, 0.15) is 12.2 Å². The standard InChI is InChI=1S/C16H23NO8/c18-13(9-22-25-21-6-3-17-1-4-20-5-2-17)23-14-10-7-11-12(8-10)16(19)24-15(11)14/h10-12,14-15H,1-9H2. The van der Waals surface area contributed by atoms with Crippen molar-refractivity contribution < 1.29 is 38.6 Å². The molecular formula is C16H23NO8. The molecule has 0 aromatic heterocycles. The van der Waals surface area contributed by atoms with Crippen LogP contribution in [-0.4, -0.2) is 75.1 Å². The second-order valence-corrected chi connectivity index (χ2v) is 6.96. The summed E-state index contributed by atoms with van der Waals surface area (Å²) in [5, 5.41) is 4.56. The lowest BCUT2D eigenvalue weighted by atomic mass is 9.88. The van der Waals surface area contributed by atoms with Crippen molar-refractivity contribution in [1.29, 1.82) is 0 Å². The van der Waals surface area contributed by atoms with Crippen molar-refractivity contribution in [1.82, 2.24) is 4.90 Å². The molecule has 5 atom stereocenters. The molecule has 2 aliphatic carbocycles. The summed E-state index contributed by atoms with van der Waals surface area (Å²) >= 11 is 0. The zero-order valence-electron chi connectivity index (χ0n) is 14.0. The van der Waals surface area contributed by atoms with Crippen molar-refractivity contribution in [2.75, 3.05) is 46.1 Å². The van der Waals surface area contributed by atoms with E-state index in [1.807, 2.05) is 0 Å². The molecule has 0 radical (unpaired) electrons. The van der Waals surface area contributed by atoms with Crippen LogP contribution in [-0.2, 0) is 38.6 Å².